The normalized spacial score (nSPS) is 15.2. The summed E-state index contributed by atoms with van der Waals surface area (Å²) in [5.41, 5.74) is 5.72. The number of nitrogen functional groups attached to an aromatic ring is 1. The van der Waals surface area contributed by atoms with Gasteiger partial charge in [-0.2, -0.15) is 0 Å². The highest BCUT2D eigenvalue weighted by Gasteiger charge is 2.25. The first-order valence-corrected chi connectivity index (χ1v) is 7.27. The average Bonchev–Trinajstić information content (AvgIpc) is 2.25. The second-order valence-electron chi connectivity index (χ2n) is 4.96. The smallest absolute Gasteiger partial charge is 0.241 e. The van der Waals surface area contributed by atoms with Crippen molar-refractivity contribution in [3.8, 4) is 0 Å². The lowest BCUT2D eigenvalue weighted by Gasteiger charge is -2.21. The van der Waals surface area contributed by atoms with E-state index in [4.69, 9.17) is 10.8 Å². The minimum atomic E-state index is -3.76. The Hall–Kier alpha value is -1.15. The molecule has 1 atom stereocenters. The van der Waals surface area contributed by atoms with E-state index in [-0.39, 0.29) is 11.4 Å². The first-order chi connectivity index (χ1) is 8.59. The van der Waals surface area contributed by atoms with E-state index < -0.39 is 22.2 Å². The molecule has 1 rings (SSSR count). The molecule has 1 aromatic rings. The Morgan fingerprint density at radius 3 is 2.21 bits per heavy atom. The van der Waals surface area contributed by atoms with Gasteiger partial charge in [-0.25, -0.2) is 13.1 Å². The van der Waals surface area contributed by atoms with Crippen molar-refractivity contribution in [2.75, 3.05) is 18.9 Å². The van der Waals surface area contributed by atoms with E-state index in [9.17, 15) is 13.5 Å². The Morgan fingerprint density at radius 2 is 1.79 bits per heavy atom. The van der Waals surface area contributed by atoms with Gasteiger partial charge in [0.05, 0.1) is 17.1 Å². The molecule has 7 heteroatoms. The van der Waals surface area contributed by atoms with E-state index in [0.29, 0.717) is 16.8 Å². The van der Waals surface area contributed by atoms with E-state index in [1.807, 2.05) is 0 Å². The van der Waals surface area contributed by atoms with Gasteiger partial charge in [0.15, 0.2) is 0 Å². The van der Waals surface area contributed by atoms with Gasteiger partial charge in [-0.05, 0) is 44.0 Å². The van der Waals surface area contributed by atoms with Crippen LogP contribution in [0.3, 0.4) is 0 Å². The van der Waals surface area contributed by atoms with Crippen LogP contribution in [0.25, 0.3) is 0 Å². The fourth-order valence-electron chi connectivity index (χ4n) is 1.79. The molecule has 0 fully saturated rings. The summed E-state index contributed by atoms with van der Waals surface area (Å²) in [5.74, 6) is 0. The molecule has 0 aromatic heterocycles. The zero-order chi connectivity index (χ0) is 14.8. The number of hydrogen-bond donors (Lipinski definition) is 4. The van der Waals surface area contributed by atoms with E-state index in [1.54, 1.807) is 26.0 Å². The zero-order valence-corrected chi connectivity index (χ0v) is 12.1. The molecular weight excluding hydrogens is 268 g/mol. The molecule has 108 valence electrons. The molecule has 0 radical (unpaired) electrons. The van der Waals surface area contributed by atoms with Crippen LogP contribution in [-0.4, -0.2) is 37.4 Å². The van der Waals surface area contributed by atoms with Gasteiger partial charge in [-0.15, -0.1) is 0 Å². The fourth-order valence-corrected chi connectivity index (χ4v) is 3.40. The lowest BCUT2D eigenvalue weighted by Crippen LogP contribution is -2.43. The second-order valence-corrected chi connectivity index (χ2v) is 6.67. The molecule has 0 aliphatic heterocycles. The maximum Gasteiger partial charge on any atom is 0.241 e. The van der Waals surface area contributed by atoms with Crippen molar-refractivity contribution in [3.63, 3.8) is 0 Å². The third kappa shape index (κ3) is 3.90. The maximum atomic E-state index is 12.2. The maximum absolute atomic E-state index is 12.2. The lowest BCUT2D eigenvalue weighted by atomic mass is 10.1. The summed E-state index contributed by atoms with van der Waals surface area (Å²) in [5, 5.41) is 18.5. The van der Waals surface area contributed by atoms with E-state index in [1.165, 1.54) is 6.92 Å². The molecule has 1 unspecified atom stereocenters. The molecule has 6 nitrogen and oxygen atoms in total. The van der Waals surface area contributed by atoms with Crippen molar-refractivity contribution in [2.24, 2.45) is 0 Å². The molecule has 0 saturated heterocycles. The predicted molar refractivity (Wildman–Crippen MR) is 73.2 cm³/mol. The molecule has 5 N–H and O–H groups in total. The largest absolute Gasteiger partial charge is 0.399 e. The standard InChI is InChI=1S/C12H20N2O4S/c1-8-4-10(13)5-9(2)11(8)19(17,18)14-6-12(3,16)7-15/h4-5,14-16H,6-7,13H2,1-3H3. The molecule has 0 spiro atoms. The Kier molecular flexibility index (Phi) is 4.57. The molecule has 0 aliphatic carbocycles. The summed E-state index contributed by atoms with van der Waals surface area (Å²) in [6, 6.07) is 3.15. The van der Waals surface area contributed by atoms with Crippen molar-refractivity contribution in [1.29, 1.82) is 0 Å². The Bertz CT molecular complexity index is 544. The second kappa shape index (κ2) is 5.46. The summed E-state index contributed by atoms with van der Waals surface area (Å²) in [6.45, 7) is 3.85. The van der Waals surface area contributed by atoms with Crippen LogP contribution in [-0.2, 0) is 10.0 Å². The van der Waals surface area contributed by atoms with Gasteiger partial charge >= 0.3 is 0 Å². The van der Waals surface area contributed by atoms with Gasteiger partial charge < -0.3 is 15.9 Å². The third-order valence-corrected chi connectivity index (χ3v) is 4.44. The molecular formula is C12H20N2O4S. The number of aryl methyl sites for hydroxylation is 2. The SMILES string of the molecule is Cc1cc(N)cc(C)c1S(=O)(=O)NCC(C)(O)CO. The van der Waals surface area contributed by atoms with Crippen LogP contribution in [0, 0.1) is 13.8 Å². The van der Waals surface area contributed by atoms with Crippen LogP contribution in [0.1, 0.15) is 18.1 Å². The third-order valence-electron chi connectivity index (χ3n) is 2.74. The van der Waals surface area contributed by atoms with Crippen LogP contribution in [0.4, 0.5) is 5.69 Å². The highest BCUT2D eigenvalue weighted by molar-refractivity contribution is 7.89. The number of nitrogens with one attached hydrogen (secondary N) is 1. The number of aliphatic hydroxyl groups is 2. The average molecular weight is 288 g/mol. The summed E-state index contributed by atoms with van der Waals surface area (Å²) >= 11 is 0. The monoisotopic (exact) mass is 288 g/mol. The number of rotatable bonds is 5. The van der Waals surface area contributed by atoms with Crippen molar-refractivity contribution in [3.05, 3.63) is 23.3 Å². The van der Waals surface area contributed by atoms with E-state index >= 15 is 0 Å². The predicted octanol–water partition coefficient (Wildman–Crippen LogP) is -0.0928. The molecule has 0 amide bonds. The van der Waals surface area contributed by atoms with Gasteiger partial charge in [0.2, 0.25) is 10.0 Å². The molecule has 0 bridgehead atoms. The Labute approximate surface area is 113 Å². The van der Waals surface area contributed by atoms with Gasteiger partial charge in [0, 0.05) is 12.2 Å². The van der Waals surface area contributed by atoms with Crippen LogP contribution in [0.15, 0.2) is 17.0 Å². The molecule has 0 saturated carbocycles. The summed E-state index contributed by atoms with van der Waals surface area (Å²) < 4.78 is 26.7. The number of nitrogens with two attached hydrogens (primary N) is 1. The van der Waals surface area contributed by atoms with Crippen molar-refractivity contribution in [1.82, 2.24) is 4.72 Å². The highest BCUT2D eigenvalue weighted by atomic mass is 32.2. The van der Waals surface area contributed by atoms with Crippen LogP contribution in [0.2, 0.25) is 0 Å². The van der Waals surface area contributed by atoms with Crippen molar-refractivity contribution >= 4 is 15.7 Å². The first kappa shape index (κ1) is 15.9. The van der Waals surface area contributed by atoms with Crippen LogP contribution in [0.5, 0.6) is 0 Å². The van der Waals surface area contributed by atoms with Crippen LogP contribution < -0.4 is 10.5 Å². The number of aliphatic hydroxyl groups excluding tert-OH is 1. The van der Waals surface area contributed by atoms with E-state index in [2.05, 4.69) is 4.72 Å². The number of benzene rings is 1. The number of hydrogen-bond acceptors (Lipinski definition) is 5. The molecule has 19 heavy (non-hydrogen) atoms. The van der Waals surface area contributed by atoms with Crippen molar-refractivity contribution in [2.45, 2.75) is 31.3 Å². The minimum absolute atomic E-state index is 0.149. The number of sulfonamides is 1. The van der Waals surface area contributed by atoms with Crippen LogP contribution >= 0.6 is 0 Å². The Morgan fingerprint density at radius 1 is 1.32 bits per heavy atom. The highest BCUT2D eigenvalue weighted by Crippen LogP contribution is 2.23. The summed E-state index contributed by atoms with van der Waals surface area (Å²) in [6.07, 6.45) is 0. The van der Waals surface area contributed by atoms with Gasteiger partial charge in [-0.1, -0.05) is 0 Å². The van der Waals surface area contributed by atoms with Gasteiger partial charge in [-0.3, -0.25) is 0 Å². The molecule has 1 aromatic carbocycles. The quantitative estimate of drug-likeness (QED) is 0.566. The lowest BCUT2D eigenvalue weighted by molar-refractivity contribution is 0.00681. The Balaban J connectivity index is 3.09. The fraction of sp³-hybridized carbons (Fsp3) is 0.500. The topological polar surface area (TPSA) is 113 Å². The molecule has 0 aliphatic rings. The summed E-state index contributed by atoms with van der Waals surface area (Å²) in [4.78, 5) is 0.149. The minimum Gasteiger partial charge on any atom is -0.399 e. The zero-order valence-electron chi connectivity index (χ0n) is 11.3. The van der Waals surface area contributed by atoms with Crippen molar-refractivity contribution < 1.29 is 18.6 Å². The molecule has 0 heterocycles. The number of anilines is 1. The first-order valence-electron chi connectivity index (χ1n) is 5.79. The summed E-state index contributed by atoms with van der Waals surface area (Å²) in [7, 11) is -3.76. The van der Waals surface area contributed by atoms with Gasteiger partial charge in [0.1, 0.15) is 0 Å². The van der Waals surface area contributed by atoms with E-state index in [0.717, 1.165) is 0 Å². The van der Waals surface area contributed by atoms with Gasteiger partial charge in [0.25, 0.3) is 0 Å².